The van der Waals surface area contributed by atoms with Gasteiger partial charge in [0, 0.05) is 25.0 Å². The Bertz CT molecular complexity index is 336. The zero-order valence-corrected chi connectivity index (χ0v) is 10.3. The molecule has 0 spiro atoms. The second-order valence-electron chi connectivity index (χ2n) is 3.42. The van der Waals surface area contributed by atoms with Crippen LogP contribution in [-0.4, -0.2) is 34.0 Å². The van der Waals surface area contributed by atoms with Gasteiger partial charge in [-0.1, -0.05) is 6.92 Å². The van der Waals surface area contributed by atoms with Gasteiger partial charge in [-0.2, -0.15) is 0 Å². The molecule has 0 aliphatic heterocycles. The van der Waals surface area contributed by atoms with Gasteiger partial charge < -0.3 is 15.6 Å². The van der Waals surface area contributed by atoms with Gasteiger partial charge in [0.2, 0.25) is 0 Å². The van der Waals surface area contributed by atoms with Crippen molar-refractivity contribution in [3.05, 3.63) is 11.9 Å². The van der Waals surface area contributed by atoms with E-state index in [-0.39, 0.29) is 6.61 Å². The minimum absolute atomic E-state index is 0.180. The number of hydrogen-bond acceptors (Lipinski definition) is 6. The van der Waals surface area contributed by atoms with Crippen LogP contribution < -0.4 is 5.73 Å². The molecule has 3 N–H and O–H groups in total. The van der Waals surface area contributed by atoms with Crippen molar-refractivity contribution < 1.29 is 9.84 Å². The summed E-state index contributed by atoms with van der Waals surface area (Å²) in [5.74, 6) is 1.03. The van der Waals surface area contributed by atoms with E-state index in [0.29, 0.717) is 23.5 Å². The largest absolute Gasteiger partial charge is 0.396 e. The molecule has 0 fully saturated rings. The van der Waals surface area contributed by atoms with E-state index in [4.69, 9.17) is 15.6 Å². The molecule has 1 aromatic heterocycles. The van der Waals surface area contributed by atoms with Gasteiger partial charge in [-0.15, -0.1) is 11.8 Å². The number of aliphatic hydroxyl groups is 1. The van der Waals surface area contributed by atoms with Crippen LogP contribution in [0.1, 0.15) is 19.2 Å². The first-order valence-electron chi connectivity index (χ1n) is 5.05. The second kappa shape index (κ2) is 6.67. The fourth-order valence-electron chi connectivity index (χ4n) is 1.19. The molecular weight excluding hydrogens is 226 g/mol. The Labute approximate surface area is 99.4 Å². The van der Waals surface area contributed by atoms with Gasteiger partial charge in [-0.25, -0.2) is 9.97 Å². The Balaban J connectivity index is 2.71. The summed E-state index contributed by atoms with van der Waals surface area (Å²) < 4.78 is 4.96. The number of thioether (sulfide) groups is 1. The number of rotatable bonds is 6. The molecule has 0 aliphatic rings. The topological polar surface area (TPSA) is 81.3 Å². The molecule has 1 aromatic rings. The highest BCUT2D eigenvalue weighted by Gasteiger charge is 2.08. The molecule has 1 heterocycles. The smallest absolute Gasteiger partial charge is 0.157 e. The van der Waals surface area contributed by atoms with E-state index >= 15 is 0 Å². The predicted molar refractivity (Wildman–Crippen MR) is 64.2 cm³/mol. The lowest BCUT2D eigenvalue weighted by Gasteiger charge is -2.09. The lowest BCUT2D eigenvalue weighted by atomic mass is 10.3. The fourth-order valence-corrected chi connectivity index (χ4v) is 2.18. The number of nitrogens with zero attached hydrogens (tertiary/aromatic N) is 2. The van der Waals surface area contributed by atoms with Crippen molar-refractivity contribution in [2.24, 2.45) is 0 Å². The first-order chi connectivity index (χ1) is 7.65. The molecule has 5 nitrogen and oxygen atoms in total. The Kier molecular flexibility index (Phi) is 5.51. The van der Waals surface area contributed by atoms with Crippen molar-refractivity contribution in [3.63, 3.8) is 0 Å². The van der Waals surface area contributed by atoms with Crippen LogP contribution in [0.5, 0.6) is 0 Å². The SMILES string of the molecule is COCc1nc(N)cc(SC(C)CCO)n1. The van der Waals surface area contributed by atoms with E-state index in [9.17, 15) is 0 Å². The van der Waals surface area contributed by atoms with Gasteiger partial charge in [0.25, 0.3) is 0 Å². The maximum Gasteiger partial charge on any atom is 0.157 e. The number of methoxy groups -OCH3 is 1. The van der Waals surface area contributed by atoms with Gasteiger partial charge in [-0.3, -0.25) is 0 Å². The van der Waals surface area contributed by atoms with Crippen molar-refractivity contribution in [1.29, 1.82) is 0 Å². The van der Waals surface area contributed by atoms with E-state index in [1.807, 2.05) is 6.92 Å². The van der Waals surface area contributed by atoms with Crippen LogP contribution >= 0.6 is 11.8 Å². The zero-order chi connectivity index (χ0) is 12.0. The monoisotopic (exact) mass is 243 g/mol. The summed E-state index contributed by atoms with van der Waals surface area (Å²) in [4.78, 5) is 8.37. The molecule has 90 valence electrons. The van der Waals surface area contributed by atoms with Gasteiger partial charge in [0.15, 0.2) is 5.82 Å². The lowest BCUT2D eigenvalue weighted by molar-refractivity contribution is 0.177. The lowest BCUT2D eigenvalue weighted by Crippen LogP contribution is -2.04. The first-order valence-corrected chi connectivity index (χ1v) is 5.93. The quantitative estimate of drug-likeness (QED) is 0.574. The molecule has 0 aromatic carbocycles. The molecule has 1 atom stereocenters. The van der Waals surface area contributed by atoms with Crippen LogP contribution in [0, 0.1) is 0 Å². The number of hydrogen-bond donors (Lipinski definition) is 2. The van der Waals surface area contributed by atoms with E-state index in [0.717, 1.165) is 11.4 Å². The minimum atomic E-state index is 0.180. The van der Waals surface area contributed by atoms with Crippen molar-refractivity contribution in [1.82, 2.24) is 9.97 Å². The first kappa shape index (κ1) is 13.2. The van der Waals surface area contributed by atoms with Crippen LogP contribution in [0.2, 0.25) is 0 Å². The molecule has 0 aliphatic carbocycles. The average Bonchev–Trinajstić information content (AvgIpc) is 2.17. The summed E-state index contributed by atoms with van der Waals surface area (Å²) in [5.41, 5.74) is 5.67. The fraction of sp³-hybridized carbons (Fsp3) is 0.600. The summed E-state index contributed by atoms with van der Waals surface area (Å²) >= 11 is 1.58. The molecule has 1 unspecified atom stereocenters. The summed E-state index contributed by atoms with van der Waals surface area (Å²) in [6.07, 6.45) is 0.730. The molecule has 6 heteroatoms. The number of aromatic nitrogens is 2. The molecule has 0 saturated carbocycles. The highest BCUT2D eigenvalue weighted by Crippen LogP contribution is 2.24. The van der Waals surface area contributed by atoms with Crippen LogP contribution in [0.15, 0.2) is 11.1 Å². The van der Waals surface area contributed by atoms with Gasteiger partial charge >= 0.3 is 0 Å². The predicted octanol–water partition coefficient (Wildman–Crippen LogP) is 1.07. The Morgan fingerprint density at radius 2 is 2.31 bits per heavy atom. The van der Waals surface area contributed by atoms with Crippen molar-refractivity contribution in [2.75, 3.05) is 19.5 Å². The van der Waals surface area contributed by atoms with Gasteiger partial charge in [-0.05, 0) is 6.42 Å². The number of nitrogens with two attached hydrogens (primary N) is 1. The highest BCUT2D eigenvalue weighted by molar-refractivity contribution is 7.99. The Morgan fingerprint density at radius 1 is 1.56 bits per heavy atom. The normalized spacial score (nSPS) is 12.7. The average molecular weight is 243 g/mol. The third-order valence-electron chi connectivity index (χ3n) is 1.90. The van der Waals surface area contributed by atoms with E-state index in [2.05, 4.69) is 9.97 Å². The number of ether oxygens (including phenoxy) is 1. The number of anilines is 1. The maximum atomic E-state index is 8.82. The van der Waals surface area contributed by atoms with Crippen LogP contribution in [0.25, 0.3) is 0 Å². The van der Waals surface area contributed by atoms with Gasteiger partial charge in [0.05, 0.1) is 0 Å². The Morgan fingerprint density at radius 3 is 2.94 bits per heavy atom. The summed E-state index contributed by atoms with van der Waals surface area (Å²) in [7, 11) is 1.59. The second-order valence-corrected chi connectivity index (χ2v) is 4.88. The van der Waals surface area contributed by atoms with Crippen LogP contribution in [0.3, 0.4) is 0 Å². The van der Waals surface area contributed by atoms with Crippen molar-refractivity contribution in [2.45, 2.75) is 30.2 Å². The third-order valence-corrected chi connectivity index (χ3v) is 2.99. The van der Waals surface area contributed by atoms with Crippen LogP contribution in [0.4, 0.5) is 5.82 Å². The molecule has 0 radical (unpaired) electrons. The van der Waals surface area contributed by atoms with Gasteiger partial charge in [0.1, 0.15) is 17.5 Å². The minimum Gasteiger partial charge on any atom is -0.396 e. The summed E-state index contributed by atoms with van der Waals surface area (Å²) in [6.45, 7) is 2.57. The molecule has 0 bridgehead atoms. The zero-order valence-electron chi connectivity index (χ0n) is 9.51. The van der Waals surface area contributed by atoms with Crippen LogP contribution in [-0.2, 0) is 11.3 Å². The van der Waals surface area contributed by atoms with E-state index in [1.165, 1.54) is 0 Å². The van der Waals surface area contributed by atoms with Crippen molar-refractivity contribution >= 4 is 17.6 Å². The summed E-state index contributed by atoms with van der Waals surface area (Å²) in [6, 6.07) is 1.73. The maximum absolute atomic E-state index is 8.82. The highest BCUT2D eigenvalue weighted by atomic mass is 32.2. The number of nitrogen functional groups attached to an aromatic ring is 1. The molecule has 1 rings (SSSR count). The molecule has 0 saturated heterocycles. The molecule has 0 amide bonds. The van der Waals surface area contributed by atoms with Crippen molar-refractivity contribution in [3.8, 4) is 0 Å². The Hall–Kier alpha value is -0.850. The third kappa shape index (κ3) is 4.34. The molecular formula is C10H17N3O2S. The van der Waals surface area contributed by atoms with E-state index < -0.39 is 0 Å². The standard InChI is InChI=1S/C10H17N3O2S/c1-7(3-4-14)16-10-5-8(11)12-9(13-10)6-15-2/h5,7,14H,3-4,6H2,1-2H3,(H2,11,12,13). The number of aliphatic hydroxyl groups excluding tert-OH is 1. The molecule has 16 heavy (non-hydrogen) atoms. The summed E-state index contributed by atoms with van der Waals surface area (Å²) in [5, 5.41) is 9.94. The van der Waals surface area contributed by atoms with E-state index in [1.54, 1.807) is 24.9 Å².